The van der Waals surface area contributed by atoms with Crippen molar-refractivity contribution >= 4 is 17.5 Å². The first-order valence-corrected chi connectivity index (χ1v) is 12.4. The first-order valence-electron chi connectivity index (χ1n) is 12.4. The lowest BCUT2D eigenvalue weighted by atomic mass is 9.95. The van der Waals surface area contributed by atoms with Crippen molar-refractivity contribution in [1.82, 2.24) is 14.5 Å². The number of carbonyl (C=O) groups excluding carboxylic acids is 2. The normalized spacial score (nSPS) is 18.0. The number of methoxy groups -OCH3 is 1. The Morgan fingerprint density at radius 2 is 1.75 bits per heavy atom. The van der Waals surface area contributed by atoms with E-state index in [9.17, 15) is 9.59 Å². The molecule has 2 aliphatic rings. The zero-order chi connectivity index (χ0) is 25.2. The Morgan fingerprint density at radius 3 is 2.42 bits per heavy atom. The van der Waals surface area contributed by atoms with Crippen molar-refractivity contribution in [3.8, 4) is 5.75 Å². The molecule has 0 bridgehead atoms. The van der Waals surface area contributed by atoms with Gasteiger partial charge in [0.1, 0.15) is 11.9 Å². The maximum Gasteiger partial charge on any atom is 0.274 e. The van der Waals surface area contributed by atoms with E-state index in [4.69, 9.17) is 9.47 Å². The number of benzene rings is 2. The molecule has 1 aromatic heterocycles. The minimum absolute atomic E-state index is 0.0180. The lowest BCUT2D eigenvalue weighted by molar-refractivity contribution is -0.121. The first-order chi connectivity index (χ1) is 17.4. The van der Waals surface area contributed by atoms with Crippen LogP contribution in [0, 0.1) is 19.8 Å². The number of piperidine rings is 1. The third kappa shape index (κ3) is 4.99. The number of hydrogen-bond donors (Lipinski definition) is 1. The summed E-state index contributed by atoms with van der Waals surface area (Å²) >= 11 is 0. The molecule has 3 aromatic rings. The van der Waals surface area contributed by atoms with E-state index in [0.29, 0.717) is 44.8 Å². The van der Waals surface area contributed by atoms with Gasteiger partial charge in [-0.25, -0.2) is 4.98 Å². The highest BCUT2D eigenvalue weighted by molar-refractivity contribution is 5.95. The monoisotopic (exact) mass is 488 g/mol. The van der Waals surface area contributed by atoms with Gasteiger partial charge in [0.25, 0.3) is 5.91 Å². The van der Waals surface area contributed by atoms with Crippen molar-refractivity contribution in [2.75, 3.05) is 25.5 Å². The summed E-state index contributed by atoms with van der Waals surface area (Å²) in [5, 5.41) is 3.05. The summed E-state index contributed by atoms with van der Waals surface area (Å²) in [5.74, 6) is 0.615. The number of rotatable bonds is 5. The van der Waals surface area contributed by atoms with Gasteiger partial charge in [-0.2, -0.15) is 0 Å². The summed E-state index contributed by atoms with van der Waals surface area (Å²) < 4.78 is 13.3. The van der Waals surface area contributed by atoms with Crippen LogP contribution in [0.2, 0.25) is 0 Å². The van der Waals surface area contributed by atoms with Gasteiger partial charge < -0.3 is 24.3 Å². The van der Waals surface area contributed by atoms with Crippen LogP contribution in [0.3, 0.4) is 0 Å². The molecule has 8 nitrogen and oxygen atoms in total. The number of imidazole rings is 1. The van der Waals surface area contributed by atoms with Gasteiger partial charge in [0.2, 0.25) is 5.91 Å². The van der Waals surface area contributed by atoms with E-state index in [1.165, 1.54) is 0 Å². The molecule has 0 unspecified atom stereocenters. The van der Waals surface area contributed by atoms with E-state index in [-0.39, 0.29) is 23.8 Å². The molecule has 188 valence electrons. The van der Waals surface area contributed by atoms with E-state index in [0.717, 1.165) is 33.8 Å². The molecule has 5 rings (SSSR count). The van der Waals surface area contributed by atoms with Gasteiger partial charge >= 0.3 is 0 Å². The van der Waals surface area contributed by atoms with Crippen LogP contribution in [0.25, 0.3) is 0 Å². The first kappa shape index (κ1) is 24.1. The fourth-order valence-corrected chi connectivity index (χ4v) is 5.11. The average Bonchev–Trinajstić information content (AvgIpc) is 3.31. The Morgan fingerprint density at radius 1 is 1.06 bits per heavy atom. The molecule has 1 saturated heterocycles. The minimum atomic E-state index is -0.112. The SMILES string of the molecule is COc1ccc([C@@H]2Cn3cnc(C(=O)N4CCC(C(=O)Nc5cc(C)cc(C)c5)CC4)c3CO2)cc1. The Hall–Kier alpha value is -3.65. The molecule has 1 atom stereocenters. The molecule has 0 spiro atoms. The highest BCUT2D eigenvalue weighted by atomic mass is 16.5. The zero-order valence-corrected chi connectivity index (χ0v) is 21.0. The molecule has 2 aromatic carbocycles. The molecule has 0 aliphatic carbocycles. The molecule has 1 N–H and O–H groups in total. The Bertz CT molecular complexity index is 1240. The second-order valence-corrected chi connectivity index (χ2v) is 9.70. The van der Waals surface area contributed by atoms with E-state index in [2.05, 4.69) is 16.4 Å². The lowest BCUT2D eigenvalue weighted by Gasteiger charge is -2.31. The van der Waals surface area contributed by atoms with Gasteiger partial charge in [0.05, 0.1) is 32.3 Å². The fraction of sp³-hybridized carbons (Fsp3) is 0.393. The number of aromatic nitrogens is 2. The van der Waals surface area contributed by atoms with Crippen LogP contribution in [-0.2, 0) is 22.7 Å². The summed E-state index contributed by atoms with van der Waals surface area (Å²) in [5.41, 5.74) is 5.38. The number of likely N-dealkylation sites (tertiary alicyclic amines) is 1. The standard InChI is InChI=1S/C28H32N4O4/c1-18-12-19(2)14-22(13-18)30-27(33)21-8-10-31(11-9-21)28(34)26-24-16-36-25(15-32(24)17-29-26)20-4-6-23(35-3)7-5-20/h4-7,12-14,17,21,25H,8-11,15-16H2,1-3H3,(H,30,33)/t25-/m0/s1. The number of nitrogens with zero attached hydrogens (tertiary/aromatic N) is 3. The van der Waals surface area contributed by atoms with Crippen LogP contribution in [0.5, 0.6) is 5.75 Å². The number of carbonyl (C=O) groups is 2. The second-order valence-electron chi connectivity index (χ2n) is 9.70. The maximum absolute atomic E-state index is 13.3. The van der Waals surface area contributed by atoms with Gasteiger partial charge in [-0.05, 0) is 67.6 Å². The van der Waals surface area contributed by atoms with Crippen molar-refractivity contribution < 1.29 is 19.1 Å². The summed E-state index contributed by atoms with van der Waals surface area (Å²) in [4.78, 5) is 32.3. The molecule has 1 fully saturated rings. The molecule has 3 heterocycles. The number of ether oxygens (including phenoxy) is 2. The highest BCUT2D eigenvalue weighted by Crippen LogP contribution is 2.30. The molecule has 0 saturated carbocycles. The number of amides is 2. The molecule has 2 amide bonds. The van der Waals surface area contributed by atoms with Gasteiger partial charge in [-0.3, -0.25) is 9.59 Å². The molecule has 8 heteroatoms. The number of nitrogens with one attached hydrogen (secondary N) is 1. The molecule has 0 radical (unpaired) electrons. The predicted octanol–water partition coefficient (Wildman–Crippen LogP) is 4.27. The molecular formula is C28H32N4O4. The Labute approximate surface area is 211 Å². The van der Waals surface area contributed by atoms with Crippen molar-refractivity contribution in [1.29, 1.82) is 0 Å². The average molecular weight is 489 g/mol. The van der Waals surface area contributed by atoms with Crippen molar-refractivity contribution in [3.63, 3.8) is 0 Å². The van der Waals surface area contributed by atoms with Crippen LogP contribution < -0.4 is 10.1 Å². The largest absolute Gasteiger partial charge is 0.497 e. The number of anilines is 1. The third-order valence-electron chi connectivity index (χ3n) is 7.06. The van der Waals surface area contributed by atoms with Crippen LogP contribution in [-0.4, -0.2) is 46.5 Å². The number of fused-ring (bicyclic) bond motifs is 1. The Kier molecular flexibility index (Phi) is 6.78. The van der Waals surface area contributed by atoms with Crippen molar-refractivity contribution in [2.24, 2.45) is 5.92 Å². The fourth-order valence-electron chi connectivity index (χ4n) is 5.11. The van der Waals surface area contributed by atoms with E-state index in [1.807, 2.05) is 54.8 Å². The topological polar surface area (TPSA) is 85.7 Å². The van der Waals surface area contributed by atoms with Crippen molar-refractivity contribution in [3.05, 3.63) is 76.9 Å². The number of aryl methyl sites for hydroxylation is 2. The van der Waals surface area contributed by atoms with Gasteiger partial charge in [0, 0.05) is 24.7 Å². The second kappa shape index (κ2) is 10.1. The minimum Gasteiger partial charge on any atom is -0.497 e. The van der Waals surface area contributed by atoms with Gasteiger partial charge in [-0.15, -0.1) is 0 Å². The van der Waals surface area contributed by atoms with Crippen LogP contribution in [0.1, 0.15) is 51.8 Å². The molecule has 2 aliphatic heterocycles. The highest BCUT2D eigenvalue weighted by Gasteiger charge is 2.32. The summed E-state index contributed by atoms with van der Waals surface area (Å²) in [6.45, 7) is 6.03. The lowest BCUT2D eigenvalue weighted by Crippen LogP contribution is -2.42. The summed E-state index contributed by atoms with van der Waals surface area (Å²) in [7, 11) is 1.64. The summed E-state index contributed by atoms with van der Waals surface area (Å²) in [6, 6.07) is 13.9. The molecular weight excluding hydrogens is 456 g/mol. The quantitative estimate of drug-likeness (QED) is 0.580. The zero-order valence-electron chi connectivity index (χ0n) is 21.0. The summed E-state index contributed by atoms with van der Waals surface area (Å²) in [6.07, 6.45) is 2.89. The maximum atomic E-state index is 13.3. The smallest absolute Gasteiger partial charge is 0.274 e. The molecule has 36 heavy (non-hydrogen) atoms. The van der Waals surface area contributed by atoms with Crippen LogP contribution >= 0.6 is 0 Å². The van der Waals surface area contributed by atoms with Crippen LogP contribution in [0.15, 0.2) is 48.8 Å². The third-order valence-corrected chi connectivity index (χ3v) is 7.06. The van der Waals surface area contributed by atoms with Gasteiger partial charge in [0.15, 0.2) is 5.69 Å². The van der Waals surface area contributed by atoms with Crippen LogP contribution in [0.4, 0.5) is 5.69 Å². The Balaban J connectivity index is 1.18. The number of hydrogen-bond acceptors (Lipinski definition) is 5. The van der Waals surface area contributed by atoms with E-state index < -0.39 is 0 Å². The van der Waals surface area contributed by atoms with E-state index >= 15 is 0 Å². The van der Waals surface area contributed by atoms with Gasteiger partial charge in [-0.1, -0.05) is 18.2 Å². The predicted molar refractivity (Wildman–Crippen MR) is 136 cm³/mol. The van der Waals surface area contributed by atoms with Crippen molar-refractivity contribution in [2.45, 2.75) is 45.9 Å². The van der Waals surface area contributed by atoms with E-state index in [1.54, 1.807) is 18.3 Å².